The molecule has 0 bridgehead atoms. The van der Waals surface area contributed by atoms with E-state index in [0.717, 1.165) is 52.4 Å². The summed E-state index contributed by atoms with van der Waals surface area (Å²) in [6, 6.07) is 4.49. The molecule has 0 unspecified atom stereocenters. The summed E-state index contributed by atoms with van der Waals surface area (Å²) in [5.41, 5.74) is 7.93. The molecule has 2 rings (SSSR count). The Kier molecular flexibility index (Phi) is 8.08. The Balaban J connectivity index is 0.000000541. The van der Waals surface area contributed by atoms with Gasteiger partial charge in [-0.05, 0) is 59.3 Å². The lowest BCUT2D eigenvalue weighted by atomic mass is 9.93. The highest BCUT2D eigenvalue weighted by molar-refractivity contribution is 9.11. The first-order chi connectivity index (χ1) is 10.3. The molecule has 0 heterocycles. The van der Waals surface area contributed by atoms with E-state index in [-0.39, 0.29) is 6.10 Å². The van der Waals surface area contributed by atoms with E-state index in [2.05, 4.69) is 37.2 Å². The summed E-state index contributed by atoms with van der Waals surface area (Å²) in [7, 11) is 0. The largest absolute Gasteiger partial charge is 0.398 e. The van der Waals surface area contributed by atoms with Crippen molar-refractivity contribution in [3.8, 4) is 0 Å². The number of halogens is 2. The van der Waals surface area contributed by atoms with Gasteiger partial charge in [0.1, 0.15) is 0 Å². The average molecular weight is 440 g/mol. The topological polar surface area (TPSA) is 124 Å². The van der Waals surface area contributed by atoms with Crippen LogP contribution in [0.5, 0.6) is 0 Å². The van der Waals surface area contributed by atoms with Crippen LogP contribution < -0.4 is 11.1 Å². The maximum absolute atomic E-state index is 9.47. The third kappa shape index (κ3) is 6.91. The molecule has 0 atom stereocenters. The number of hydrogen-bond donors (Lipinski definition) is 3. The SMILES string of the molecule is Nc1c(Br)cc(Br)cc1CNC1CCC(O)CC1.O=[N+]([O-])[O-]. The Morgan fingerprint density at radius 3 is 2.36 bits per heavy atom. The molecule has 4 N–H and O–H groups in total. The molecule has 0 radical (unpaired) electrons. The molecule has 0 aliphatic heterocycles. The lowest BCUT2D eigenvalue weighted by Gasteiger charge is -2.26. The number of nitrogens with zero attached hydrogens (tertiary/aromatic N) is 1. The van der Waals surface area contributed by atoms with Crippen molar-refractivity contribution in [3.05, 3.63) is 42.0 Å². The molecule has 22 heavy (non-hydrogen) atoms. The van der Waals surface area contributed by atoms with Gasteiger partial charge < -0.3 is 31.5 Å². The van der Waals surface area contributed by atoms with Crippen LogP contribution in [-0.4, -0.2) is 22.3 Å². The van der Waals surface area contributed by atoms with Gasteiger partial charge in [-0.25, -0.2) is 0 Å². The highest BCUT2D eigenvalue weighted by Crippen LogP contribution is 2.28. The molecular formula is C13H18Br2N3O4-. The van der Waals surface area contributed by atoms with E-state index in [4.69, 9.17) is 21.1 Å². The van der Waals surface area contributed by atoms with E-state index in [1.54, 1.807) is 0 Å². The highest BCUT2D eigenvalue weighted by atomic mass is 79.9. The molecule has 9 heteroatoms. The van der Waals surface area contributed by atoms with E-state index in [0.29, 0.717) is 6.04 Å². The third-order valence-electron chi connectivity index (χ3n) is 3.46. The first-order valence-corrected chi connectivity index (χ1v) is 8.34. The summed E-state index contributed by atoms with van der Waals surface area (Å²) in [5, 5.41) is 27.7. The minimum absolute atomic E-state index is 0.104. The quantitative estimate of drug-likeness (QED) is 0.377. The van der Waals surface area contributed by atoms with Crippen molar-refractivity contribution < 1.29 is 10.2 Å². The van der Waals surface area contributed by atoms with Crippen molar-refractivity contribution in [3.63, 3.8) is 0 Å². The minimum Gasteiger partial charge on any atom is -0.398 e. The van der Waals surface area contributed by atoms with Gasteiger partial charge in [-0.2, -0.15) is 0 Å². The molecule has 124 valence electrons. The number of aliphatic hydroxyl groups excluding tert-OH is 1. The summed E-state index contributed by atoms with van der Waals surface area (Å²) in [4.78, 5) is 8.25. The molecular weight excluding hydrogens is 422 g/mol. The Morgan fingerprint density at radius 2 is 1.82 bits per heavy atom. The standard InChI is InChI=1S/C13H18Br2N2O.NO3/c14-9-5-8(13(16)12(15)6-9)7-17-10-1-3-11(18)4-2-10;2-1(3)4/h5-6,10-11,17-18H,1-4,7,16H2;/q;-1. The van der Waals surface area contributed by atoms with Gasteiger partial charge in [0.05, 0.1) is 16.9 Å². The number of nitrogen functional groups attached to an aromatic ring is 1. The van der Waals surface area contributed by atoms with Gasteiger partial charge >= 0.3 is 0 Å². The zero-order valence-electron chi connectivity index (χ0n) is 11.8. The van der Waals surface area contributed by atoms with Crippen LogP contribution in [0.2, 0.25) is 0 Å². The molecule has 7 nitrogen and oxygen atoms in total. The lowest BCUT2D eigenvalue weighted by molar-refractivity contribution is -0.402. The maximum atomic E-state index is 9.47. The molecule has 0 aromatic heterocycles. The van der Waals surface area contributed by atoms with Gasteiger partial charge in [-0.3, -0.25) is 0 Å². The van der Waals surface area contributed by atoms with Gasteiger partial charge in [0.25, 0.3) is 0 Å². The van der Waals surface area contributed by atoms with E-state index in [1.165, 1.54) is 0 Å². The molecule has 1 aliphatic carbocycles. The summed E-state index contributed by atoms with van der Waals surface area (Å²) < 4.78 is 1.95. The number of nitrogens with two attached hydrogens (primary N) is 1. The first-order valence-electron chi connectivity index (χ1n) is 6.76. The van der Waals surface area contributed by atoms with Crippen molar-refractivity contribution >= 4 is 37.5 Å². The molecule has 0 spiro atoms. The van der Waals surface area contributed by atoms with E-state index >= 15 is 0 Å². The molecule has 1 aromatic rings. The van der Waals surface area contributed by atoms with Crippen LogP contribution in [0.3, 0.4) is 0 Å². The predicted octanol–water partition coefficient (Wildman–Crippen LogP) is 2.95. The number of anilines is 1. The summed E-state index contributed by atoms with van der Waals surface area (Å²) >= 11 is 6.93. The van der Waals surface area contributed by atoms with Gasteiger partial charge in [0.2, 0.25) is 0 Å². The first kappa shape index (κ1) is 19.1. The summed E-state index contributed by atoms with van der Waals surface area (Å²) in [6.07, 6.45) is 3.77. The van der Waals surface area contributed by atoms with Crippen LogP contribution in [0.4, 0.5) is 5.69 Å². The average Bonchev–Trinajstić information content (AvgIpc) is 2.42. The normalized spacial score (nSPS) is 20.9. The zero-order valence-corrected chi connectivity index (χ0v) is 15.0. The molecule has 1 saturated carbocycles. The maximum Gasteiger partial charge on any atom is 0.0689 e. The van der Waals surface area contributed by atoms with Crippen LogP contribution >= 0.6 is 31.9 Å². The van der Waals surface area contributed by atoms with Crippen LogP contribution in [0.1, 0.15) is 31.2 Å². The predicted molar refractivity (Wildman–Crippen MR) is 91.7 cm³/mol. The van der Waals surface area contributed by atoms with E-state index in [9.17, 15) is 5.11 Å². The van der Waals surface area contributed by atoms with Crippen molar-refractivity contribution in [2.75, 3.05) is 5.73 Å². The van der Waals surface area contributed by atoms with Crippen molar-refractivity contribution in [1.29, 1.82) is 0 Å². The van der Waals surface area contributed by atoms with Crippen molar-refractivity contribution in [2.45, 2.75) is 44.4 Å². The summed E-state index contributed by atoms with van der Waals surface area (Å²) in [6.45, 7) is 0.768. The minimum atomic E-state index is -1.75. The number of nitrogens with one attached hydrogen (secondary N) is 1. The lowest BCUT2D eigenvalue weighted by Crippen LogP contribution is -2.34. The number of benzene rings is 1. The van der Waals surface area contributed by atoms with Crippen LogP contribution in [-0.2, 0) is 6.54 Å². The van der Waals surface area contributed by atoms with Crippen LogP contribution in [0, 0.1) is 15.3 Å². The van der Waals surface area contributed by atoms with Gasteiger partial charge in [0, 0.05) is 21.5 Å². The van der Waals surface area contributed by atoms with Gasteiger partial charge in [0.15, 0.2) is 0 Å². The Bertz CT molecular complexity index is 504. The van der Waals surface area contributed by atoms with E-state index in [1.807, 2.05) is 12.1 Å². The Hall–Kier alpha value is -0.900. The monoisotopic (exact) mass is 438 g/mol. The van der Waals surface area contributed by atoms with Crippen LogP contribution in [0.15, 0.2) is 21.1 Å². The number of aliphatic hydroxyl groups is 1. The van der Waals surface area contributed by atoms with Crippen LogP contribution in [0.25, 0.3) is 0 Å². The smallest absolute Gasteiger partial charge is 0.0689 e. The molecule has 1 aromatic carbocycles. The Morgan fingerprint density at radius 1 is 1.27 bits per heavy atom. The second-order valence-electron chi connectivity index (χ2n) is 5.07. The fourth-order valence-corrected chi connectivity index (χ4v) is 3.63. The molecule has 0 saturated heterocycles. The second kappa shape index (κ2) is 9.29. The number of rotatable bonds is 3. The van der Waals surface area contributed by atoms with Gasteiger partial charge in [-0.15, -0.1) is 0 Å². The van der Waals surface area contributed by atoms with E-state index < -0.39 is 5.09 Å². The molecule has 1 fully saturated rings. The summed E-state index contributed by atoms with van der Waals surface area (Å²) in [5.74, 6) is 0. The fourth-order valence-electron chi connectivity index (χ4n) is 2.32. The second-order valence-corrected chi connectivity index (χ2v) is 6.84. The zero-order chi connectivity index (χ0) is 16.7. The van der Waals surface area contributed by atoms with Gasteiger partial charge in [-0.1, -0.05) is 15.9 Å². The molecule has 1 aliphatic rings. The third-order valence-corrected chi connectivity index (χ3v) is 4.57. The fraction of sp³-hybridized carbons (Fsp3) is 0.538. The van der Waals surface area contributed by atoms with Crippen molar-refractivity contribution in [2.24, 2.45) is 0 Å². The van der Waals surface area contributed by atoms with Crippen molar-refractivity contribution in [1.82, 2.24) is 5.32 Å². The molecule has 0 amide bonds. The number of hydrogen-bond acceptors (Lipinski definition) is 6. The Labute approximate surface area is 145 Å². The highest BCUT2D eigenvalue weighted by Gasteiger charge is 2.19.